The van der Waals surface area contributed by atoms with Crippen LogP contribution >= 0.6 is 27.5 Å². The fourth-order valence-corrected chi connectivity index (χ4v) is 3.93. The third-order valence-electron chi connectivity index (χ3n) is 3.22. The van der Waals surface area contributed by atoms with E-state index in [4.69, 9.17) is 16.9 Å². The lowest BCUT2D eigenvalue weighted by atomic mass is 10.2. The zero-order valence-corrected chi connectivity index (χ0v) is 14.6. The molecule has 0 radical (unpaired) electrons. The highest BCUT2D eigenvalue weighted by Gasteiger charge is 2.18. The molecule has 3 rings (SSSR count). The first kappa shape index (κ1) is 15.9. The fraction of sp³-hybridized carbons (Fsp3) is 0. The van der Waals surface area contributed by atoms with Crippen LogP contribution in [0.4, 0.5) is 5.69 Å². The number of anilines is 1. The van der Waals surface area contributed by atoms with Crippen LogP contribution < -0.4 is 4.72 Å². The van der Waals surface area contributed by atoms with Crippen molar-refractivity contribution in [3.8, 4) is 6.07 Å². The molecule has 0 aliphatic heterocycles. The normalized spacial score (nSPS) is 11.3. The van der Waals surface area contributed by atoms with Crippen molar-refractivity contribution in [2.24, 2.45) is 0 Å². The van der Waals surface area contributed by atoms with E-state index in [9.17, 15) is 8.42 Å². The average molecular weight is 411 g/mol. The Morgan fingerprint density at radius 3 is 2.78 bits per heavy atom. The predicted octanol–water partition coefficient (Wildman–Crippen LogP) is 4.26. The first-order valence-corrected chi connectivity index (χ1v) is 9.05. The van der Waals surface area contributed by atoms with Gasteiger partial charge in [-0.2, -0.15) is 5.26 Å². The summed E-state index contributed by atoms with van der Waals surface area (Å²) >= 11 is 9.44. The number of aromatic amines is 1. The number of halogens is 2. The second kappa shape index (κ2) is 5.89. The Balaban J connectivity index is 2.09. The molecular formula is C15H9BrClN3O2S. The van der Waals surface area contributed by atoms with E-state index in [1.807, 2.05) is 6.07 Å². The first-order valence-electron chi connectivity index (χ1n) is 6.40. The molecule has 0 bridgehead atoms. The van der Waals surface area contributed by atoms with E-state index in [-0.39, 0.29) is 10.5 Å². The van der Waals surface area contributed by atoms with Gasteiger partial charge in [-0.3, -0.25) is 4.72 Å². The molecule has 0 unspecified atom stereocenters. The quantitative estimate of drug-likeness (QED) is 0.676. The van der Waals surface area contributed by atoms with E-state index in [0.29, 0.717) is 16.2 Å². The number of nitrogens with one attached hydrogen (secondary N) is 2. The SMILES string of the molecule is N#Cc1cccc(S(=O)(=O)Nc2cc(Cl)cc3c(Br)c[nH]c23)c1. The zero-order chi connectivity index (χ0) is 16.6. The molecule has 0 saturated heterocycles. The van der Waals surface area contributed by atoms with Gasteiger partial charge in [0.1, 0.15) is 0 Å². The molecule has 1 aromatic heterocycles. The van der Waals surface area contributed by atoms with E-state index in [1.54, 1.807) is 18.3 Å². The third kappa shape index (κ3) is 3.06. The van der Waals surface area contributed by atoms with Crippen molar-refractivity contribution in [1.82, 2.24) is 4.98 Å². The lowest BCUT2D eigenvalue weighted by Gasteiger charge is -2.10. The number of hydrogen-bond donors (Lipinski definition) is 2. The molecule has 0 aliphatic rings. The zero-order valence-electron chi connectivity index (χ0n) is 11.5. The van der Waals surface area contributed by atoms with Gasteiger partial charge in [-0.05, 0) is 46.3 Å². The molecule has 0 saturated carbocycles. The van der Waals surface area contributed by atoms with E-state index < -0.39 is 10.0 Å². The highest BCUT2D eigenvalue weighted by molar-refractivity contribution is 9.10. The summed E-state index contributed by atoms with van der Waals surface area (Å²) in [5.74, 6) is 0. The molecule has 0 aliphatic carbocycles. The fourth-order valence-electron chi connectivity index (χ4n) is 2.18. The number of fused-ring (bicyclic) bond motifs is 1. The number of aromatic nitrogens is 1. The van der Waals surface area contributed by atoms with Crippen LogP contribution in [0.1, 0.15) is 5.56 Å². The van der Waals surface area contributed by atoms with Crippen LogP contribution in [0.15, 0.2) is 52.0 Å². The third-order valence-corrected chi connectivity index (χ3v) is 5.46. The second-order valence-electron chi connectivity index (χ2n) is 4.76. The van der Waals surface area contributed by atoms with Gasteiger partial charge >= 0.3 is 0 Å². The molecule has 0 atom stereocenters. The molecule has 0 spiro atoms. The van der Waals surface area contributed by atoms with E-state index in [1.165, 1.54) is 24.3 Å². The minimum Gasteiger partial charge on any atom is -0.358 e. The summed E-state index contributed by atoms with van der Waals surface area (Å²) in [7, 11) is -3.84. The van der Waals surface area contributed by atoms with Crippen LogP contribution in [0.25, 0.3) is 10.9 Å². The van der Waals surface area contributed by atoms with E-state index in [2.05, 4.69) is 25.6 Å². The first-order chi connectivity index (χ1) is 10.9. The summed E-state index contributed by atoms with van der Waals surface area (Å²) in [4.78, 5) is 3.00. The van der Waals surface area contributed by atoms with Gasteiger partial charge in [-0.25, -0.2) is 8.42 Å². The topological polar surface area (TPSA) is 85.8 Å². The summed E-state index contributed by atoms with van der Waals surface area (Å²) in [6, 6.07) is 11.0. The Morgan fingerprint density at radius 1 is 1.26 bits per heavy atom. The van der Waals surface area contributed by atoms with Crippen molar-refractivity contribution >= 4 is 54.1 Å². The molecule has 3 aromatic rings. The van der Waals surface area contributed by atoms with Crippen molar-refractivity contribution in [2.75, 3.05) is 4.72 Å². The van der Waals surface area contributed by atoms with Gasteiger partial charge in [0.25, 0.3) is 10.0 Å². The van der Waals surface area contributed by atoms with Gasteiger partial charge in [0.15, 0.2) is 0 Å². The van der Waals surface area contributed by atoms with Gasteiger partial charge in [0, 0.05) is 21.1 Å². The van der Waals surface area contributed by atoms with Crippen molar-refractivity contribution in [2.45, 2.75) is 4.90 Å². The maximum Gasteiger partial charge on any atom is 0.262 e. The van der Waals surface area contributed by atoms with Gasteiger partial charge < -0.3 is 4.98 Å². The maximum absolute atomic E-state index is 12.5. The Bertz CT molecular complexity index is 1050. The number of H-pyrrole nitrogens is 1. The minimum atomic E-state index is -3.84. The largest absolute Gasteiger partial charge is 0.358 e. The van der Waals surface area contributed by atoms with Crippen molar-refractivity contribution in [3.63, 3.8) is 0 Å². The second-order valence-corrected chi connectivity index (χ2v) is 7.73. The summed E-state index contributed by atoms with van der Waals surface area (Å²) in [5, 5.41) is 10.1. The van der Waals surface area contributed by atoms with Gasteiger partial charge in [0.2, 0.25) is 0 Å². The number of rotatable bonds is 3. The summed E-state index contributed by atoms with van der Waals surface area (Å²) < 4.78 is 28.4. The molecule has 23 heavy (non-hydrogen) atoms. The molecule has 1 heterocycles. The number of hydrogen-bond acceptors (Lipinski definition) is 3. The number of nitriles is 1. The molecule has 116 valence electrons. The highest BCUT2D eigenvalue weighted by Crippen LogP contribution is 2.33. The summed E-state index contributed by atoms with van der Waals surface area (Å²) in [6.07, 6.45) is 1.70. The van der Waals surface area contributed by atoms with Crippen molar-refractivity contribution in [1.29, 1.82) is 5.26 Å². The number of benzene rings is 2. The Morgan fingerprint density at radius 2 is 2.04 bits per heavy atom. The molecule has 0 amide bonds. The van der Waals surface area contributed by atoms with E-state index in [0.717, 1.165) is 9.86 Å². The molecule has 2 N–H and O–H groups in total. The van der Waals surface area contributed by atoms with Gasteiger partial charge in [-0.1, -0.05) is 17.7 Å². The monoisotopic (exact) mass is 409 g/mol. The van der Waals surface area contributed by atoms with Crippen LogP contribution in [-0.4, -0.2) is 13.4 Å². The van der Waals surface area contributed by atoms with Crippen LogP contribution in [-0.2, 0) is 10.0 Å². The van der Waals surface area contributed by atoms with Crippen LogP contribution in [0, 0.1) is 11.3 Å². The number of nitrogens with zero attached hydrogens (tertiary/aromatic N) is 1. The van der Waals surface area contributed by atoms with E-state index >= 15 is 0 Å². The Labute approximate surface area is 146 Å². The molecule has 5 nitrogen and oxygen atoms in total. The number of sulfonamides is 1. The maximum atomic E-state index is 12.5. The molecule has 0 fully saturated rings. The lowest BCUT2D eigenvalue weighted by Crippen LogP contribution is -2.13. The highest BCUT2D eigenvalue weighted by atomic mass is 79.9. The Hall–Kier alpha value is -2.01. The summed E-state index contributed by atoms with van der Waals surface area (Å²) in [5.41, 5.74) is 1.22. The standard InChI is InChI=1S/C15H9BrClN3O2S/c16-13-8-19-15-12(13)5-10(17)6-14(15)20-23(21,22)11-3-1-2-9(4-11)7-18/h1-6,8,19-20H. The Kier molecular flexibility index (Phi) is 4.06. The molecule has 8 heteroatoms. The molecule has 2 aromatic carbocycles. The van der Waals surface area contributed by atoms with Crippen LogP contribution in [0.5, 0.6) is 0 Å². The predicted molar refractivity (Wildman–Crippen MR) is 93.0 cm³/mol. The lowest BCUT2D eigenvalue weighted by molar-refractivity contribution is 0.601. The minimum absolute atomic E-state index is 0.00953. The van der Waals surface area contributed by atoms with Gasteiger partial charge in [0.05, 0.1) is 27.7 Å². The van der Waals surface area contributed by atoms with Crippen LogP contribution in [0.3, 0.4) is 0 Å². The summed E-state index contributed by atoms with van der Waals surface area (Å²) in [6.45, 7) is 0. The average Bonchev–Trinajstić information content (AvgIpc) is 2.88. The van der Waals surface area contributed by atoms with Crippen LogP contribution in [0.2, 0.25) is 5.02 Å². The van der Waals surface area contributed by atoms with Crippen molar-refractivity contribution in [3.05, 3.63) is 57.7 Å². The molecular weight excluding hydrogens is 402 g/mol. The smallest absolute Gasteiger partial charge is 0.262 e. The van der Waals surface area contributed by atoms with Gasteiger partial charge in [-0.15, -0.1) is 0 Å². The van der Waals surface area contributed by atoms with Crippen molar-refractivity contribution < 1.29 is 8.42 Å².